The van der Waals surface area contributed by atoms with Crippen molar-refractivity contribution in [3.63, 3.8) is 0 Å². The van der Waals surface area contributed by atoms with Gasteiger partial charge in [0.15, 0.2) is 0 Å². The van der Waals surface area contributed by atoms with Gasteiger partial charge in [-0.2, -0.15) is 0 Å². The number of amides is 1. The molecule has 7 nitrogen and oxygen atoms in total. The second-order valence-electron chi connectivity index (χ2n) is 4.59. The first-order valence-electron chi connectivity index (χ1n) is 6.25. The Morgan fingerprint density at radius 1 is 1.68 bits per heavy atom. The van der Waals surface area contributed by atoms with Gasteiger partial charge in [-0.25, -0.2) is 4.98 Å². The molecule has 0 saturated carbocycles. The van der Waals surface area contributed by atoms with Crippen LogP contribution in [0.25, 0.3) is 0 Å². The molecule has 0 aliphatic carbocycles. The van der Waals surface area contributed by atoms with E-state index in [-0.39, 0.29) is 29.0 Å². The number of hydrogen-bond acceptors (Lipinski definition) is 5. The van der Waals surface area contributed by atoms with E-state index in [1.807, 2.05) is 6.92 Å². The van der Waals surface area contributed by atoms with Gasteiger partial charge in [-0.05, 0) is 25.3 Å². The van der Waals surface area contributed by atoms with Gasteiger partial charge in [-0.3, -0.25) is 14.9 Å². The molecule has 1 fully saturated rings. The third kappa shape index (κ3) is 2.49. The van der Waals surface area contributed by atoms with Gasteiger partial charge in [-0.15, -0.1) is 0 Å². The van der Waals surface area contributed by atoms with Gasteiger partial charge in [0.25, 0.3) is 11.6 Å². The standard InChI is InChI=1S/C12H16N4O3/c1-2-8-4-3-5-15(8)12(17)9-6-11(13)14-7-10(9)16(18)19/h6-8H,2-5H2,1H3,(H2,13,14). The van der Waals surface area contributed by atoms with E-state index in [9.17, 15) is 14.9 Å². The van der Waals surface area contributed by atoms with Gasteiger partial charge in [-0.1, -0.05) is 6.92 Å². The van der Waals surface area contributed by atoms with Gasteiger partial charge >= 0.3 is 0 Å². The van der Waals surface area contributed by atoms with Gasteiger partial charge in [0, 0.05) is 12.6 Å². The van der Waals surface area contributed by atoms with Crippen LogP contribution in [0.15, 0.2) is 12.3 Å². The highest BCUT2D eigenvalue weighted by Crippen LogP contribution is 2.26. The molecule has 19 heavy (non-hydrogen) atoms. The summed E-state index contributed by atoms with van der Waals surface area (Å²) in [5, 5.41) is 11.0. The molecular weight excluding hydrogens is 248 g/mol. The van der Waals surface area contributed by atoms with Crippen molar-refractivity contribution in [3.05, 3.63) is 27.9 Å². The van der Waals surface area contributed by atoms with E-state index in [1.54, 1.807) is 4.90 Å². The SMILES string of the molecule is CCC1CCCN1C(=O)c1cc(N)ncc1[N+](=O)[O-]. The molecule has 1 aliphatic rings. The Morgan fingerprint density at radius 3 is 3.05 bits per heavy atom. The van der Waals surface area contributed by atoms with Gasteiger partial charge < -0.3 is 10.6 Å². The van der Waals surface area contributed by atoms with Crippen molar-refractivity contribution in [1.82, 2.24) is 9.88 Å². The number of pyridine rings is 1. The van der Waals surface area contributed by atoms with Crippen LogP contribution in [-0.4, -0.2) is 33.3 Å². The fraction of sp³-hybridized carbons (Fsp3) is 0.500. The summed E-state index contributed by atoms with van der Waals surface area (Å²) in [6.07, 6.45) is 3.76. The zero-order valence-electron chi connectivity index (χ0n) is 10.7. The molecule has 2 rings (SSSR count). The molecule has 1 amide bonds. The average molecular weight is 264 g/mol. The molecule has 1 aromatic heterocycles. The largest absolute Gasteiger partial charge is 0.384 e. The summed E-state index contributed by atoms with van der Waals surface area (Å²) in [5.41, 5.74) is 5.26. The molecule has 7 heteroatoms. The third-order valence-electron chi connectivity index (χ3n) is 3.44. The van der Waals surface area contributed by atoms with Crippen LogP contribution in [0, 0.1) is 10.1 Å². The quantitative estimate of drug-likeness (QED) is 0.659. The average Bonchev–Trinajstić information content (AvgIpc) is 2.85. The second kappa shape index (κ2) is 5.21. The summed E-state index contributed by atoms with van der Waals surface area (Å²) >= 11 is 0. The van der Waals surface area contributed by atoms with E-state index in [2.05, 4.69) is 4.98 Å². The number of nitrogens with zero attached hydrogens (tertiary/aromatic N) is 3. The second-order valence-corrected chi connectivity index (χ2v) is 4.59. The number of carbonyl (C=O) groups excluding carboxylic acids is 1. The fourth-order valence-electron chi connectivity index (χ4n) is 2.46. The van der Waals surface area contributed by atoms with Crippen molar-refractivity contribution < 1.29 is 9.72 Å². The van der Waals surface area contributed by atoms with Gasteiger partial charge in [0.1, 0.15) is 17.6 Å². The van der Waals surface area contributed by atoms with Crippen molar-refractivity contribution in [1.29, 1.82) is 0 Å². The number of likely N-dealkylation sites (tertiary alicyclic amines) is 1. The Bertz CT molecular complexity index is 518. The van der Waals surface area contributed by atoms with Crippen LogP contribution < -0.4 is 5.73 Å². The molecule has 1 aromatic rings. The Morgan fingerprint density at radius 2 is 2.42 bits per heavy atom. The topological polar surface area (TPSA) is 102 Å². The molecule has 0 aromatic carbocycles. The minimum Gasteiger partial charge on any atom is -0.384 e. The molecule has 1 aliphatic heterocycles. The number of rotatable bonds is 3. The van der Waals surface area contributed by atoms with Crippen molar-refractivity contribution >= 4 is 17.4 Å². The number of hydrogen-bond donors (Lipinski definition) is 1. The number of anilines is 1. The molecule has 102 valence electrons. The van der Waals surface area contributed by atoms with Crippen LogP contribution in [0.4, 0.5) is 11.5 Å². The van der Waals surface area contributed by atoms with Crippen LogP contribution in [0.3, 0.4) is 0 Å². The first-order valence-corrected chi connectivity index (χ1v) is 6.25. The molecule has 0 spiro atoms. The maximum absolute atomic E-state index is 12.4. The lowest BCUT2D eigenvalue weighted by Crippen LogP contribution is -2.35. The summed E-state index contributed by atoms with van der Waals surface area (Å²) in [6.45, 7) is 2.64. The number of nitrogen functional groups attached to an aromatic ring is 1. The molecule has 1 saturated heterocycles. The summed E-state index contributed by atoms with van der Waals surface area (Å²) in [5.74, 6) is -0.216. The predicted octanol–water partition coefficient (Wildman–Crippen LogP) is 1.59. The van der Waals surface area contributed by atoms with Gasteiger partial charge in [0.2, 0.25) is 0 Å². The van der Waals surface area contributed by atoms with E-state index < -0.39 is 4.92 Å². The van der Waals surface area contributed by atoms with E-state index in [0.717, 1.165) is 25.5 Å². The van der Waals surface area contributed by atoms with Crippen molar-refractivity contribution in [2.24, 2.45) is 0 Å². The summed E-state index contributed by atoms with van der Waals surface area (Å²) in [6, 6.07) is 1.44. The lowest BCUT2D eigenvalue weighted by Gasteiger charge is -2.23. The smallest absolute Gasteiger partial charge is 0.300 e. The molecule has 1 atom stereocenters. The molecule has 2 heterocycles. The Hall–Kier alpha value is -2.18. The number of nitro groups is 1. The maximum Gasteiger partial charge on any atom is 0.300 e. The van der Waals surface area contributed by atoms with E-state index >= 15 is 0 Å². The molecule has 2 N–H and O–H groups in total. The number of aromatic nitrogens is 1. The van der Waals surface area contributed by atoms with Crippen LogP contribution in [0.5, 0.6) is 0 Å². The highest BCUT2D eigenvalue weighted by Gasteiger charge is 2.32. The highest BCUT2D eigenvalue weighted by atomic mass is 16.6. The van der Waals surface area contributed by atoms with Crippen molar-refractivity contribution in [3.8, 4) is 0 Å². The normalized spacial score (nSPS) is 18.6. The predicted molar refractivity (Wildman–Crippen MR) is 69.7 cm³/mol. The summed E-state index contributed by atoms with van der Waals surface area (Å²) < 4.78 is 0. The van der Waals surface area contributed by atoms with E-state index in [0.29, 0.717) is 6.54 Å². The zero-order chi connectivity index (χ0) is 14.0. The lowest BCUT2D eigenvalue weighted by molar-refractivity contribution is -0.385. The first-order chi connectivity index (χ1) is 9.04. The van der Waals surface area contributed by atoms with Crippen LogP contribution in [-0.2, 0) is 0 Å². The molecule has 0 radical (unpaired) electrons. The Labute approximate surface area is 110 Å². The van der Waals surface area contributed by atoms with Crippen molar-refractivity contribution in [2.75, 3.05) is 12.3 Å². The van der Waals surface area contributed by atoms with Crippen LogP contribution in [0.2, 0.25) is 0 Å². The van der Waals surface area contributed by atoms with E-state index in [1.165, 1.54) is 6.07 Å². The Balaban J connectivity index is 2.37. The molecule has 0 bridgehead atoms. The minimum absolute atomic E-state index is 0.0258. The summed E-state index contributed by atoms with van der Waals surface area (Å²) in [4.78, 5) is 28.2. The number of carbonyl (C=O) groups is 1. The highest BCUT2D eigenvalue weighted by molar-refractivity contribution is 5.99. The number of nitrogens with two attached hydrogens (primary N) is 1. The monoisotopic (exact) mass is 264 g/mol. The Kier molecular flexibility index (Phi) is 3.64. The fourth-order valence-corrected chi connectivity index (χ4v) is 2.46. The van der Waals surface area contributed by atoms with Crippen LogP contribution >= 0.6 is 0 Å². The molecular formula is C12H16N4O3. The third-order valence-corrected chi connectivity index (χ3v) is 3.44. The maximum atomic E-state index is 12.4. The van der Waals surface area contributed by atoms with Gasteiger partial charge in [0.05, 0.1) is 4.92 Å². The first kappa shape index (κ1) is 13.3. The van der Waals surface area contributed by atoms with Crippen LogP contribution in [0.1, 0.15) is 36.5 Å². The van der Waals surface area contributed by atoms with E-state index in [4.69, 9.17) is 5.73 Å². The zero-order valence-corrected chi connectivity index (χ0v) is 10.7. The lowest BCUT2D eigenvalue weighted by atomic mass is 10.1. The van der Waals surface area contributed by atoms with Crippen molar-refractivity contribution in [2.45, 2.75) is 32.2 Å². The molecule has 1 unspecified atom stereocenters. The summed E-state index contributed by atoms with van der Waals surface area (Å²) in [7, 11) is 0. The minimum atomic E-state index is -0.600.